The molecule has 3 rings (SSSR count). The van der Waals surface area contributed by atoms with Gasteiger partial charge in [0, 0.05) is 0 Å². The van der Waals surface area contributed by atoms with Crippen LogP contribution in [0, 0.1) is 5.92 Å². The van der Waals surface area contributed by atoms with Crippen LogP contribution in [0.15, 0.2) is 24.3 Å². The number of para-hydroxylation sites is 2. The van der Waals surface area contributed by atoms with E-state index in [1.807, 2.05) is 24.3 Å². The number of fused-ring (bicyclic) bond motifs is 1. The summed E-state index contributed by atoms with van der Waals surface area (Å²) in [5.74, 6) is 1.60. The quantitative estimate of drug-likeness (QED) is 0.826. The summed E-state index contributed by atoms with van der Waals surface area (Å²) in [6, 6.07) is 7.68. The SMILES string of the molecule is Nc1nc2ccccc2nc1OCCC[C@H]1CCCNC1. The van der Waals surface area contributed by atoms with Gasteiger partial charge in [0.15, 0.2) is 5.82 Å². The fourth-order valence-corrected chi connectivity index (χ4v) is 2.81. The molecule has 1 aliphatic heterocycles. The largest absolute Gasteiger partial charge is 0.475 e. The Bertz CT molecular complexity index is 596. The van der Waals surface area contributed by atoms with E-state index in [0.29, 0.717) is 18.3 Å². The van der Waals surface area contributed by atoms with Crippen molar-refractivity contribution in [3.63, 3.8) is 0 Å². The summed E-state index contributed by atoms with van der Waals surface area (Å²) < 4.78 is 5.72. The lowest BCUT2D eigenvalue weighted by Gasteiger charge is -2.22. The molecule has 0 radical (unpaired) electrons. The third-order valence-electron chi connectivity index (χ3n) is 3.96. The van der Waals surface area contributed by atoms with Crippen molar-refractivity contribution in [1.82, 2.24) is 15.3 Å². The minimum atomic E-state index is 0.369. The smallest absolute Gasteiger partial charge is 0.257 e. The van der Waals surface area contributed by atoms with Crippen LogP contribution in [0.2, 0.25) is 0 Å². The lowest BCUT2D eigenvalue weighted by atomic mass is 9.95. The molecule has 5 heteroatoms. The number of aromatic nitrogens is 2. The Morgan fingerprint density at radius 1 is 1.24 bits per heavy atom. The van der Waals surface area contributed by atoms with Gasteiger partial charge in [0.05, 0.1) is 17.6 Å². The Morgan fingerprint density at radius 3 is 2.81 bits per heavy atom. The summed E-state index contributed by atoms with van der Waals surface area (Å²) in [5, 5.41) is 3.44. The number of nitrogen functional groups attached to an aromatic ring is 1. The molecule has 0 saturated carbocycles. The predicted octanol–water partition coefficient (Wildman–Crippen LogP) is 2.37. The first-order chi connectivity index (χ1) is 10.3. The summed E-state index contributed by atoms with van der Waals surface area (Å²) in [5.41, 5.74) is 7.52. The number of nitrogens with zero attached hydrogens (tertiary/aromatic N) is 2. The van der Waals surface area contributed by atoms with Crippen molar-refractivity contribution < 1.29 is 4.74 Å². The number of nitrogens with one attached hydrogen (secondary N) is 1. The van der Waals surface area contributed by atoms with Gasteiger partial charge < -0.3 is 15.8 Å². The Kier molecular flexibility index (Phi) is 4.50. The number of piperidine rings is 1. The second-order valence-electron chi connectivity index (χ2n) is 5.61. The first kappa shape index (κ1) is 14.1. The molecule has 1 fully saturated rings. The zero-order valence-electron chi connectivity index (χ0n) is 12.2. The van der Waals surface area contributed by atoms with Crippen LogP contribution in [0.5, 0.6) is 5.88 Å². The summed E-state index contributed by atoms with van der Waals surface area (Å²) >= 11 is 0. The van der Waals surface area contributed by atoms with Gasteiger partial charge in [-0.3, -0.25) is 0 Å². The Hall–Kier alpha value is -1.88. The first-order valence-corrected chi connectivity index (χ1v) is 7.69. The number of anilines is 1. The third-order valence-corrected chi connectivity index (χ3v) is 3.96. The van der Waals surface area contributed by atoms with Crippen LogP contribution in [-0.4, -0.2) is 29.7 Å². The van der Waals surface area contributed by atoms with E-state index in [-0.39, 0.29) is 0 Å². The Labute approximate surface area is 124 Å². The van der Waals surface area contributed by atoms with Gasteiger partial charge in [-0.1, -0.05) is 12.1 Å². The molecule has 0 bridgehead atoms. The molecule has 0 spiro atoms. The van der Waals surface area contributed by atoms with Gasteiger partial charge >= 0.3 is 0 Å². The molecule has 0 aliphatic carbocycles. The van der Waals surface area contributed by atoms with Crippen molar-refractivity contribution in [3.05, 3.63) is 24.3 Å². The fourth-order valence-electron chi connectivity index (χ4n) is 2.81. The molecule has 1 saturated heterocycles. The molecule has 2 aromatic rings. The van der Waals surface area contributed by atoms with Crippen LogP contribution >= 0.6 is 0 Å². The zero-order chi connectivity index (χ0) is 14.5. The molecular formula is C16H22N4O. The monoisotopic (exact) mass is 286 g/mol. The van der Waals surface area contributed by atoms with Gasteiger partial charge in [-0.2, -0.15) is 0 Å². The fraction of sp³-hybridized carbons (Fsp3) is 0.500. The van der Waals surface area contributed by atoms with E-state index in [9.17, 15) is 0 Å². The molecule has 2 heterocycles. The highest BCUT2D eigenvalue weighted by atomic mass is 16.5. The second kappa shape index (κ2) is 6.72. The normalized spacial score (nSPS) is 18.8. The standard InChI is InChI=1S/C16H22N4O/c17-15-16(20-14-8-2-1-7-13(14)19-15)21-10-4-6-12-5-3-9-18-11-12/h1-2,7-8,12,18H,3-6,9-11H2,(H2,17,19)/t12-/m1/s1. The van der Waals surface area contributed by atoms with Gasteiger partial charge in [0.1, 0.15) is 0 Å². The molecule has 0 unspecified atom stereocenters. The molecule has 1 atom stereocenters. The van der Waals surface area contributed by atoms with Gasteiger partial charge in [0.25, 0.3) is 5.88 Å². The predicted molar refractivity (Wildman–Crippen MR) is 84.3 cm³/mol. The summed E-state index contributed by atoms with van der Waals surface area (Å²) in [6.45, 7) is 2.95. The second-order valence-corrected chi connectivity index (χ2v) is 5.61. The maximum atomic E-state index is 5.90. The lowest BCUT2D eigenvalue weighted by Crippen LogP contribution is -2.29. The van der Waals surface area contributed by atoms with Crippen LogP contribution in [-0.2, 0) is 0 Å². The van der Waals surface area contributed by atoms with Crippen molar-refractivity contribution in [2.24, 2.45) is 5.92 Å². The number of ether oxygens (including phenoxy) is 1. The van der Waals surface area contributed by atoms with Crippen LogP contribution in [0.1, 0.15) is 25.7 Å². The summed E-state index contributed by atoms with van der Waals surface area (Å²) in [4.78, 5) is 8.76. The van der Waals surface area contributed by atoms with Crippen molar-refractivity contribution >= 4 is 16.9 Å². The number of nitrogens with two attached hydrogens (primary N) is 1. The van der Waals surface area contributed by atoms with Gasteiger partial charge in [-0.05, 0) is 56.8 Å². The van der Waals surface area contributed by atoms with Crippen molar-refractivity contribution in [3.8, 4) is 5.88 Å². The van der Waals surface area contributed by atoms with E-state index in [0.717, 1.165) is 36.5 Å². The summed E-state index contributed by atoms with van der Waals surface area (Å²) in [7, 11) is 0. The lowest BCUT2D eigenvalue weighted by molar-refractivity contribution is 0.269. The minimum Gasteiger partial charge on any atom is -0.475 e. The molecule has 1 aromatic heterocycles. The molecule has 0 amide bonds. The maximum absolute atomic E-state index is 5.90. The molecule has 3 N–H and O–H groups in total. The van der Waals surface area contributed by atoms with Crippen LogP contribution in [0.25, 0.3) is 11.0 Å². The van der Waals surface area contributed by atoms with E-state index < -0.39 is 0 Å². The highest BCUT2D eigenvalue weighted by Gasteiger charge is 2.13. The highest BCUT2D eigenvalue weighted by molar-refractivity contribution is 5.76. The maximum Gasteiger partial charge on any atom is 0.257 e. The number of hydrogen-bond acceptors (Lipinski definition) is 5. The number of hydrogen-bond donors (Lipinski definition) is 2. The Balaban J connectivity index is 1.53. The van der Waals surface area contributed by atoms with Crippen molar-refractivity contribution in [1.29, 1.82) is 0 Å². The van der Waals surface area contributed by atoms with E-state index in [2.05, 4.69) is 15.3 Å². The van der Waals surface area contributed by atoms with Crippen LogP contribution < -0.4 is 15.8 Å². The van der Waals surface area contributed by atoms with E-state index in [1.54, 1.807) is 0 Å². The average molecular weight is 286 g/mol. The third kappa shape index (κ3) is 3.61. The number of rotatable bonds is 5. The minimum absolute atomic E-state index is 0.369. The average Bonchev–Trinajstić information content (AvgIpc) is 2.53. The molecular weight excluding hydrogens is 264 g/mol. The molecule has 1 aromatic carbocycles. The van der Waals surface area contributed by atoms with Crippen molar-refractivity contribution in [2.45, 2.75) is 25.7 Å². The Morgan fingerprint density at radius 2 is 2.05 bits per heavy atom. The van der Waals surface area contributed by atoms with Crippen molar-refractivity contribution in [2.75, 3.05) is 25.4 Å². The summed E-state index contributed by atoms with van der Waals surface area (Å²) in [6.07, 6.45) is 4.83. The van der Waals surface area contributed by atoms with E-state index >= 15 is 0 Å². The zero-order valence-corrected chi connectivity index (χ0v) is 12.2. The molecule has 1 aliphatic rings. The highest BCUT2D eigenvalue weighted by Crippen LogP contribution is 2.21. The molecule has 21 heavy (non-hydrogen) atoms. The molecule has 5 nitrogen and oxygen atoms in total. The first-order valence-electron chi connectivity index (χ1n) is 7.69. The van der Waals surface area contributed by atoms with E-state index in [1.165, 1.54) is 19.3 Å². The van der Waals surface area contributed by atoms with E-state index in [4.69, 9.17) is 10.5 Å². The number of benzene rings is 1. The molecule has 112 valence electrons. The van der Waals surface area contributed by atoms with Gasteiger partial charge in [-0.15, -0.1) is 0 Å². The van der Waals surface area contributed by atoms with Gasteiger partial charge in [-0.25, -0.2) is 9.97 Å². The van der Waals surface area contributed by atoms with Crippen LogP contribution in [0.4, 0.5) is 5.82 Å². The van der Waals surface area contributed by atoms with Crippen LogP contribution in [0.3, 0.4) is 0 Å². The van der Waals surface area contributed by atoms with Gasteiger partial charge in [0.2, 0.25) is 0 Å². The topological polar surface area (TPSA) is 73.1 Å².